The number of quaternary nitrogens is 1. The van der Waals surface area contributed by atoms with Crippen molar-refractivity contribution in [2.24, 2.45) is 0 Å². The van der Waals surface area contributed by atoms with Crippen molar-refractivity contribution < 1.29 is 15.2 Å². The van der Waals surface area contributed by atoms with E-state index in [9.17, 15) is 4.79 Å². The molecule has 0 atom stereocenters. The lowest BCUT2D eigenvalue weighted by Crippen LogP contribution is -2.79. The Morgan fingerprint density at radius 2 is 2.00 bits per heavy atom. The first-order valence-electron chi connectivity index (χ1n) is 6.12. The second-order valence-electron chi connectivity index (χ2n) is 4.96. The number of carboxylic acid groups (broad SMARTS) is 1. The van der Waals surface area contributed by atoms with E-state index in [0.29, 0.717) is 6.54 Å². The quantitative estimate of drug-likeness (QED) is 0.743. The predicted octanol–water partition coefficient (Wildman–Crippen LogP) is 2.04. The maximum Gasteiger partial charge on any atom is 0.309 e. The van der Waals surface area contributed by atoms with Gasteiger partial charge in [0.05, 0.1) is 13.0 Å². The Labute approximate surface area is 103 Å². The largest absolute Gasteiger partial charge is 0.481 e. The van der Waals surface area contributed by atoms with E-state index < -0.39 is 5.97 Å². The van der Waals surface area contributed by atoms with Gasteiger partial charge in [0.15, 0.2) is 0 Å². The van der Waals surface area contributed by atoms with E-state index in [1.807, 2.05) is 17.4 Å². The number of hydrogen-bond donors (Lipinski definition) is 2. The van der Waals surface area contributed by atoms with Gasteiger partial charge in [0.25, 0.3) is 0 Å². The first kappa shape index (κ1) is 13.7. The fraction of sp³-hybridized carbons (Fsp3) is 0.500. The minimum absolute atomic E-state index is 0.135. The van der Waals surface area contributed by atoms with Gasteiger partial charge in [-0.2, -0.15) is 0 Å². The molecule has 0 spiro atoms. The van der Waals surface area contributed by atoms with Crippen molar-refractivity contribution in [1.29, 1.82) is 0 Å². The van der Waals surface area contributed by atoms with Crippen molar-refractivity contribution in [3.8, 4) is 0 Å². The lowest BCUT2D eigenvalue weighted by Gasteiger charge is -2.24. The highest BCUT2D eigenvalue weighted by Gasteiger charge is 2.23. The Balaban J connectivity index is 2.81. The zero-order valence-corrected chi connectivity index (χ0v) is 10.9. The fourth-order valence-electron chi connectivity index (χ4n) is 1.83. The molecule has 3 N–H and O–H groups in total. The second-order valence-corrected chi connectivity index (χ2v) is 4.96. The van der Waals surface area contributed by atoms with Gasteiger partial charge in [-0.25, -0.2) is 0 Å². The third kappa shape index (κ3) is 3.86. The maximum atomic E-state index is 10.5. The summed E-state index contributed by atoms with van der Waals surface area (Å²) in [5.41, 5.74) is 2.60. The molecule has 0 bridgehead atoms. The summed E-state index contributed by atoms with van der Waals surface area (Å²) in [4.78, 5) is 10.5. The molecule has 0 aliphatic carbocycles. The highest BCUT2D eigenvalue weighted by Crippen LogP contribution is 2.30. The van der Waals surface area contributed by atoms with Crippen LogP contribution in [-0.2, 0) is 10.2 Å². The van der Waals surface area contributed by atoms with Crippen LogP contribution in [0.2, 0.25) is 0 Å². The molecule has 0 aromatic heterocycles. The molecule has 0 aliphatic rings. The van der Waals surface area contributed by atoms with Crippen LogP contribution in [0.4, 0.5) is 5.69 Å². The summed E-state index contributed by atoms with van der Waals surface area (Å²) < 4.78 is 0. The minimum Gasteiger partial charge on any atom is -0.481 e. The average molecular weight is 236 g/mol. The summed E-state index contributed by atoms with van der Waals surface area (Å²) in [5, 5.41) is 10.7. The number of rotatable bonds is 6. The van der Waals surface area contributed by atoms with Gasteiger partial charge in [0.1, 0.15) is 5.69 Å². The van der Waals surface area contributed by atoms with Crippen molar-refractivity contribution in [2.45, 2.75) is 39.0 Å². The van der Waals surface area contributed by atoms with Gasteiger partial charge in [-0.15, -0.1) is 0 Å². The molecule has 1 rings (SSSR count). The van der Waals surface area contributed by atoms with Gasteiger partial charge < -0.3 is 10.4 Å². The SMILES string of the molecule is CCC(C)(C)c1ccccc1[NH2+]CCC(=O)O. The van der Waals surface area contributed by atoms with Gasteiger partial charge in [-0.1, -0.05) is 39.0 Å². The van der Waals surface area contributed by atoms with Crippen molar-refractivity contribution in [1.82, 2.24) is 0 Å². The summed E-state index contributed by atoms with van der Waals surface area (Å²) in [6, 6.07) is 8.24. The average Bonchev–Trinajstić information content (AvgIpc) is 2.29. The van der Waals surface area contributed by atoms with Gasteiger partial charge in [-0.05, 0) is 17.9 Å². The predicted molar refractivity (Wildman–Crippen MR) is 68.5 cm³/mol. The molecular weight excluding hydrogens is 214 g/mol. The Hall–Kier alpha value is -1.35. The number of carboxylic acids is 1. The Kier molecular flexibility index (Phi) is 4.70. The summed E-state index contributed by atoms with van der Waals surface area (Å²) >= 11 is 0. The summed E-state index contributed by atoms with van der Waals surface area (Å²) in [6.07, 6.45) is 1.26. The van der Waals surface area contributed by atoms with Crippen LogP contribution in [0.5, 0.6) is 0 Å². The van der Waals surface area contributed by atoms with E-state index >= 15 is 0 Å². The van der Waals surface area contributed by atoms with Crippen molar-refractivity contribution in [3.05, 3.63) is 29.8 Å². The molecule has 0 fully saturated rings. The molecule has 0 saturated carbocycles. The Morgan fingerprint density at radius 1 is 1.35 bits per heavy atom. The fourth-order valence-corrected chi connectivity index (χ4v) is 1.83. The lowest BCUT2D eigenvalue weighted by atomic mass is 9.81. The first-order valence-corrected chi connectivity index (χ1v) is 6.12. The molecule has 0 unspecified atom stereocenters. The maximum absolute atomic E-state index is 10.5. The van der Waals surface area contributed by atoms with Crippen molar-refractivity contribution >= 4 is 11.7 Å². The number of hydrogen-bond acceptors (Lipinski definition) is 1. The van der Waals surface area contributed by atoms with Crippen LogP contribution in [0, 0.1) is 0 Å². The lowest BCUT2D eigenvalue weighted by molar-refractivity contribution is -0.571. The van der Waals surface area contributed by atoms with E-state index in [1.54, 1.807) is 0 Å². The molecule has 1 aromatic rings. The van der Waals surface area contributed by atoms with E-state index in [1.165, 1.54) is 11.3 Å². The normalized spacial score (nSPS) is 11.5. The van der Waals surface area contributed by atoms with Gasteiger partial charge in [0, 0.05) is 5.56 Å². The number of aliphatic carboxylic acids is 1. The highest BCUT2D eigenvalue weighted by atomic mass is 16.4. The third-order valence-corrected chi connectivity index (χ3v) is 3.30. The second kappa shape index (κ2) is 5.82. The molecule has 0 saturated heterocycles. The van der Waals surface area contributed by atoms with Crippen LogP contribution in [0.15, 0.2) is 24.3 Å². The van der Waals surface area contributed by atoms with Crippen LogP contribution in [-0.4, -0.2) is 17.6 Å². The molecule has 0 amide bonds. The topological polar surface area (TPSA) is 53.9 Å². The van der Waals surface area contributed by atoms with E-state index in [0.717, 1.165) is 6.42 Å². The molecule has 3 nitrogen and oxygen atoms in total. The minimum atomic E-state index is -0.742. The molecule has 0 radical (unpaired) electrons. The van der Waals surface area contributed by atoms with Gasteiger partial charge in [0.2, 0.25) is 0 Å². The number of benzene rings is 1. The zero-order chi connectivity index (χ0) is 12.9. The smallest absolute Gasteiger partial charge is 0.309 e. The van der Waals surface area contributed by atoms with E-state index in [-0.39, 0.29) is 11.8 Å². The summed E-state index contributed by atoms with van der Waals surface area (Å²) in [5.74, 6) is -0.742. The molecule has 94 valence electrons. The van der Waals surface area contributed by atoms with Crippen molar-refractivity contribution in [3.63, 3.8) is 0 Å². The van der Waals surface area contributed by atoms with Crippen LogP contribution < -0.4 is 5.32 Å². The van der Waals surface area contributed by atoms with Gasteiger partial charge >= 0.3 is 5.97 Å². The Bertz CT molecular complexity index is 386. The van der Waals surface area contributed by atoms with Crippen LogP contribution >= 0.6 is 0 Å². The Morgan fingerprint density at radius 3 is 2.59 bits per heavy atom. The number of para-hydroxylation sites is 1. The molecular formula is C14H22NO2+. The van der Waals surface area contributed by atoms with Crippen molar-refractivity contribution in [2.75, 3.05) is 6.54 Å². The van der Waals surface area contributed by atoms with Crippen LogP contribution in [0.3, 0.4) is 0 Å². The van der Waals surface area contributed by atoms with Crippen LogP contribution in [0.1, 0.15) is 39.2 Å². The number of nitrogens with two attached hydrogens (primary N) is 1. The highest BCUT2D eigenvalue weighted by molar-refractivity contribution is 5.66. The standard InChI is InChI=1S/C14H21NO2/c1-4-14(2,3)11-7-5-6-8-12(11)15-10-9-13(16)17/h5-8,15H,4,9-10H2,1-3H3,(H,16,17)/p+1. The number of carbonyl (C=O) groups is 1. The molecule has 17 heavy (non-hydrogen) atoms. The third-order valence-electron chi connectivity index (χ3n) is 3.30. The van der Waals surface area contributed by atoms with E-state index in [2.05, 4.69) is 32.9 Å². The van der Waals surface area contributed by atoms with E-state index in [4.69, 9.17) is 5.11 Å². The molecule has 3 heteroatoms. The molecule has 0 aliphatic heterocycles. The van der Waals surface area contributed by atoms with Crippen LogP contribution in [0.25, 0.3) is 0 Å². The summed E-state index contributed by atoms with van der Waals surface area (Å²) in [7, 11) is 0. The summed E-state index contributed by atoms with van der Waals surface area (Å²) in [6.45, 7) is 7.20. The molecule has 0 heterocycles. The molecule has 1 aromatic carbocycles. The van der Waals surface area contributed by atoms with Gasteiger partial charge in [-0.3, -0.25) is 4.79 Å². The first-order chi connectivity index (χ1) is 7.97. The zero-order valence-electron chi connectivity index (χ0n) is 10.9. The monoisotopic (exact) mass is 236 g/mol.